The predicted molar refractivity (Wildman–Crippen MR) is 64.1 cm³/mol. The van der Waals surface area contributed by atoms with E-state index in [1.807, 2.05) is 0 Å². The van der Waals surface area contributed by atoms with Crippen molar-refractivity contribution in [2.24, 2.45) is 0 Å². The second-order valence-corrected chi connectivity index (χ2v) is 4.50. The van der Waals surface area contributed by atoms with Gasteiger partial charge in [0.15, 0.2) is 0 Å². The SMILES string of the molecule is CN1CCN(C)C(Cc2nccc(N)n2)C1. The third-order valence-electron chi connectivity index (χ3n) is 3.13. The standard InChI is InChI=1S/C11H19N5/c1-15-5-6-16(2)9(8-15)7-11-13-4-3-10(12)14-11/h3-4,9H,5-8H2,1-2H3,(H2,12,13,14). The normalized spacial score (nSPS) is 23.5. The van der Waals surface area contributed by atoms with E-state index in [1.54, 1.807) is 12.3 Å². The van der Waals surface area contributed by atoms with Crippen molar-refractivity contribution in [2.45, 2.75) is 12.5 Å². The van der Waals surface area contributed by atoms with E-state index in [9.17, 15) is 0 Å². The lowest BCUT2D eigenvalue weighted by atomic mass is 10.1. The minimum absolute atomic E-state index is 0.487. The first kappa shape index (κ1) is 11.3. The van der Waals surface area contributed by atoms with Gasteiger partial charge < -0.3 is 15.5 Å². The molecule has 1 aliphatic rings. The number of hydrogen-bond donors (Lipinski definition) is 1. The summed E-state index contributed by atoms with van der Waals surface area (Å²) in [4.78, 5) is 13.2. The maximum Gasteiger partial charge on any atom is 0.132 e. The number of hydrogen-bond acceptors (Lipinski definition) is 5. The molecule has 1 aromatic rings. The molecule has 0 aromatic carbocycles. The molecule has 0 spiro atoms. The summed E-state index contributed by atoms with van der Waals surface area (Å²) in [7, 11) is 4.31. The second-order valence-electron chi connectivity index (χ2n) is 4.50. The van der Waals surface area contributed by atoms with E-state index in [0.29, 0.717) is 11.9 Å². The summed E-state index contributed by atoms with van der Waals surface area (Å²) in [6.07, 6.45) is 2.59. The highest BCUT2D eigenvalue weighted by atomic mass is 15.3. The molecule has 0 radical (unpaired) electrons. The number of nitrogens with two attached hydrogens (primary N) is 1. The van der Waals surface area contributed by atoms with E-state index < -0.39 is 0 Å². The van der Waals surface area contributed by atoms with Gasteiger partial charge in [-0.3, -0.25) is 0 Å². The Morgan fingerprint density at radius 1 is 1.44 bits per heavy atom. The van der Waals surface area contributed by atoms with Crippen LogP contribution in [0.25, 0.3) is 0 Å². The van der Waals surface area contributed by atoms with E-state index in [2.05, 4.69) is 33.9 Å². The first-order chi connectivity index (χ1) is 7.65. The first-order valence-corrected chi connectivity index (χ1v) is 5.61. The summed E-state index contributed by atoms with van der Waals surface area (Å²) in [6, 6.07) is 2.21. The van der Waals surface area contributed by atoms with Crippen molar-refractivity contribution in [2.75, 3.05) is 39.5 Å². The number of rotatable bonds is 2. The van der Waals surface area contributed by atoms with E-state index in [0.717, 1.165) is 31.9 Å². The van der Waals surface area contributed by atoms with Crippen LogP contribution in [0.4, 0.5) is 5.82 Å². The highest BCUT2D eigenvalue weighted by Crippen LogP contribution is 2.10. The number of nitrogens with zero attached hydrogens (tertiary/aromatic N) is 4. The number of anilines is 1. The number of piperazine rings is 1. The third kappa shape index (κ3) is 2.68. The Morgan fingerprint density at radius 2 is 2.25 bits per heavy atom. The molecule has 1 fully saturated rings. The van der Waals surface area contributed by atoms with E-state index in [-0.39, 0.29) is 0 Å². The molecule has 2 N–H and O–H groups in total. The quantitative estimate of drug-likeness (QED) is 0.752. The second kappa shape index (κ2) is 4.76. The summed E-state index contributed by atoms with van der Waals surface area (Å²) < 4.78 is 0. The van der Waals surface area contributed by atoms with Gasteiger partial charge in [-0.25, -0.2) is 9.97 Å². The van der Waals surface area contributed by atoms with Gasteiger partial charge in [-0.05, 0) is 20.2 Å². The van der Waals surface area contributed by atoms with Crippen LogP contribution in [-0.4, -0.2) is 59.5 Å². The molecular weight excluding hydrogens is 202 g/mol. The molecule has 88 valence electrons. The fourth-order valence-corrected chi connectivity index (χ4v) is 2.05. The highest BCUT2D eigenvalue weighted by Gasteiger charge is 2.23. The zero-order valence-electron chi connectivity index (χ0n) is 9.93. The predicted octanol–water partition coefficient (Wildman–Crippen LogP) is -0.153. The maximum atomic E-state index is 5.65. The van der Waals surface area contributed by atoms with Crippen LogP contribution in [-0.2, 0) is 6.42 Å². The lowest BCUT2D eigenvalue weighted by Gasteiger charge is -2.37. The van der Waals surface area contributed by atoms with Gasteiger partial charge in [0.1, 0.15) is 11.6 Å². The topological polar surface area (TPSA) is 58.3 Å². The highest BCUT2D eigenvalue weighted by molar-refractivity contribution is 5.25. The molecular formula is C11H19N5. The maximum absolute atomic E-state index is 5.65. The van der Waals surface area contributed by atoms with E-state index in [1.165, 1.54) is 0 Å². The zero-order valence-corrected chi connectivity index (χ0v) is 9.93. The van der Waals surface area contributed by atoms with E-state index >= 15 is 0 Å². The number of likely N-dealkylation sites (N-methyl/N-ethyl adjacent to an activating group) is 2. The summed E-state index contributed by atoms with van der Waals surface area (Å²) >= 11 is 0. The van der Waals surface area contributed by atoms with Crippen molar-refractivity contribution in [3.8, 4) is 0 Å². The number of aromatic nitrogens is 2. The molecule has 5 heteroatoms. The molecule has 0 amide bonds. The Morgan fingerprint density at radius 3 is 3.00 bits per heavy atom. The lowest BCUT2D eigenvalue weighted by Crippen LogP contribution is -2.50. The Balaban J connectivity index is 2.02. The van der Waals surface area contributed by atoms with Crippen LogP contribution in [0.1, 0.15) is 5.82 Å². The Hall–Kier alpha value is -1.20. The molecule has 1 unspecified atom stereocenters. The van der Waals surface area contributed by atoms with Gasteiger partial charge in [0, 0.05) is 38.3 Å². The molecule has 0 bridgehead atoms. The Kier molecular flexibility index (Phi) is 3.36. The minimum Gasteiger partial charge on any atom is -0.384 e. The fourth-order valence-electron chi connectivity index (χ4n) is 2.05. The third-order valence-corrected chi connectivity index (χ3v) is 3.13. The molecule has 2 heterocycles. The van der Waals surface area contributed by atoms with Crippen LogP contribution in [0, 0.1) is 0 Å². The summed E-state index contributed by atoms with van der Waals surface area (Å²) in [5.41, 5.74) is 5.65. The molecule has 2 rings (SSSR count). The molecule has 1 atom stereocenters. The monoisotopic (exact) mass is 221 g/mol. The first-order valence-electron chi connectivity index (χ1n) is 5.61. The van der Waals surface area contributed by atoms with Crippen LogP contribution >= 0.6 is 0 Å². The molecule has 1 aliphatic heterocycles. The summed E-state index contributed by atoms with van der Waals surface area (Å²) in [5, 5.41) is 0. The molecule has 1 aromatic heterocycles. The van der Waals surface area contributed by atoms with Crippen LogP contribution in [0.3, 0.4) is 0 Å². The van der Waals surface area contributed by atoms with Gasteiger partial charge in [-0.15, -0.1) is 0 Å². The Bertz CT molecular complexity index is 354. The molecule has 1 saturated heterocycles. The lowest BCUT2D eigenvalue weighted by molar-refractivity contribution is 0.113. The van der Waals surface area contributed by atoms with Gasteiger partial charge in [-0.2, -0.15) is 0 Å². The fraction of sp³-hybridized carbons (Fsp3) is 0.636. The van der Waals surface area contributed by atoms with Crippen molar-refractivity contribution in [1.29, 1.82) is 0 Å². The largest absolute Gasteiger partial charge is 0.384 e. The van der Waals surface area contributed by atoms with Crippen LogP contribution < -0.4 is 5.73 Å². The van der Waals surface area contributed by atoms with Gasteiger partial charge in [0.25, 0.3) is 0 Å². The number of nitrogen functional groups attached to an aromatic ring is 1. The van der Waals surface area contributed by atoms with Crippen molar-refractivity contribution >= 4 is 5.82 Å². The Labute approximate surface area is 96.3 Å². The minimum atomic E-state index is 0.487. The molecule has 0 aliphatic carbocycles. The smallest absolute Gasteiger partial charge is 0.132 e. The average molecular weight is 221 g/mol. The van der Waals surface area contributed by atoms with Gasteiger partial charge in [0.05, 0.1) is 0 Å². The van der Waals surface area contributed by atoms with Gasteiger partial charge in [-0.1, -0.05) is 0 Å². The van der Waals surface area contributed by atoms with Gasteiger partial charge in [0.2, 0.25) is 0 Å². The van der Waals surface area contributed by atoms with Crippen LogP contribution in [0.15, 0.2) is 12.3 Å². The summed E-state index contributed by atoms with van der Waals surface area (Å²) in [5.74, 6) is 1.39. The van der Waals surface area contributed by atoms with E-state index in [4.69, 9.17) is 5.73 Å². The van der Waals surface area contributed by atoms with Gasteiger partial charge >= 0.3 is 0 Å². The molecule has 16 heavy (non-hydrogen) atoms. The van der Waals surface area contributed by atoms with Crippen molar-refractivity contribution in [1.82, 2.24) is 19.8 Å². The molecule has 5 nitrogen and oxygen atoms in total. The van der Waals surface area contributed by atoms with Crippen molar-refractivity contribution < 1.29 is 0 Å². The summed E-state index contributed by atoms with van der Waals surface area (Å²) in [6.45, 7) is 3.29. The van der Waals surface area contributed by atoms with Crippen LogP contribution in [0.5, 0.6) is 0 Å². The van der Waals surface area contributed by atoms with Crippen LogP contribution in [0.2, 0.25) is 0 Å². The van der Waals surface area contributed by atoms with Crippen molar-refractivity contribution in [3.63, 3.8) is 0 Å². The molecule has 0 saturated carbocycles. The average Bonchev–Trinajstić information content (AvgIpc) is 2.24. The van der Waals surface area contributed by atoms with Crippen molar-refractivity contribution in [3.05, 3.63) is 18.1 Å². The zero-order chi connectivity index (χ0) is 11.5.